The Kier molecular flexibility index (Phi) is 8.56. The van der Waals surface area contributed by atoms with Gasteiger partial charge in [-0.25, -0.2) is 0 Å². The maximum atomic E-state index is 6.85. The van der Waals surface area contributed by atoms with Crippen LogP contribution >= 0.6 is 0 Å². The minimum absolute atomic E-state index is 0.0124. The Hall–Kier alpha value is -7.18. The van der Waals surface area contributed by atoms with Gasteiger partial charge in [-0.15, -0.1) is 0 Å². The van der Waals surface area contributed by atoms with Crippen LogP contribution in [0.15, 0.2) is 150 Å². The molecule has 68 heavy (non-hydrogen) atoms. The Labute approximate surface area is 400 Å². The largest absolute Gasteiger partial charge is 0.456 e. The normalized spacial score (nSPS) is 16.0. The highest BCUT2D eigenvalue weighted by Gasteiger charge is 2.48. The number of hydrogen-bond acceptors (Lipinski definition) is 5. The second-order valence-corrected chi connectivity index (χ2v) is 22.1. The molecule has 1 aliphatic carbocycles. The smallest absolute Gasteiger partial charge is 0.333 e. The van der Waals surface area contributed by atoms with Gasteiger partial charge in [-0.3, -0.25) is 0 Å². The van der Waals surface area contributed by atoms with Crippen LogP contribution in [0.4, 0.5) is 28.4 Å². The first-order chi connectivity index (χ1) is 32.6. The number of fused-ring (bicyclic) bond motifs is 10. The van der Waals surface area contributed by atoms with Gasteiger partial charge in [0.05, 0.1) is 0 Å². The van der Waals surface area contributed by atoms with Crippen molar-refractivity contribution >= 4 is 68.1 Å². The summed E-state index contributed by atoms with van der Waals surface area (Å²) in [7, 11) is 0. The van der Waals surface area contributed by atoms with Crippen LogP contribution in [0.3, 0.4) is 0 Å². The Morgan fingerprint density at radius 2 is 1.19 bits per heavy atom. The number of ether oxygens (including phenoxy) is 2. The van der Waals surface area contributed by atoms with E-state index in [9.17, 15) is 0 Å². The third kappa shape index (κ3) is 6.02. The van der Waals surface area contributed by atoms with Gasteiger partial charge in [0, 0.05) is 62.5 Å². The highest BCUT2D eigenvalue weighted by Crippen LogP contribution is 2.55. The molecule has 0 unspecified atom stereocenters. The molecule has 3 aliphatic heterocycles. The summed E-state index contributed by atoms with van der Waals surface area (Å²) in [5.74, 6) is 2.83. The van der Waals surface area contributed by atoms with Crippen molar-refractivity contribution in [2.24, 2.45) is 0 Å². The van der Waals surface area contributed by atoms with E-state index in [1.54, 1.807) is 0 Å². The van der Waals surface area contributed by atoms with Gasteiger partial charge in [0.1, 0.15) is 11.2 Å². The van der Waals surface area contributed by atoms with Crippen molar-refractivity contribution in [2.75, 3.05) is 9.71 Å². The summed E-state index contributed by atoms with van der Waals surface area (Å²) < 4.78 is 20.4. The minimum atomic E-state index is -0.275. The molecule has 0 saturated heterocycles. The van der Waals surface area contributed by atoms with Gasteiger partial charge in [-0.05, 0) is 147 Å². The fraction of sp³-hybridized carbons (Fsp3) is 0.226. The molecule has 13 rings (SSSR count). The fourth-order valence-corrected chi connectivity index (χ4v) is 11.9. The highest BCUT2D eigenvalue weighted by molar-refractivity contribution is 6.93. The molecule has 0 saturated carbocycles. The molecule has 1 aromatic heterocycles. The highest BCUT2D eigenvalue weighted by atomic mass is 16.6. The Morgan fingerprint density at radius 1 is 0.515 bits per heavy atom. The van der Waals surface area contributed by atoms with Crippen molar-refractivity contribution in [3.05, 3.63) is 173 Å². The van der Waals surface area contributed by atoms with Crippen LogP contribution in [0.2, 0.25) is 0 Å². The van der Waals surface area contributed by atoms with Gasteiger partial charge in [-0.2, -0.15) is 0 Å². The topological polar surface area (TPSA) is 38.1 Å². The van der Waals surface area contributed by atoms with E-state index < -0.39 is 0 Å². The molecule has 4 aliphatic rings. The molecule has 334 valence electrons. The number of nitrogens with zero attached hydrogens (tertiary/aromatic N) is 2. The number of anilines is 5. The van der Waals surface area contributed by atoms with E-state index in [0.29, 0.717) is 23.0 Å². The number of aryl methyl sites for hydroxylation is 2. The summed E-state index contributed by atoms with van der Waals surface area (Å²) in [4.78, 5) is 5.17. The molecule has 6 heteroatoms. The molecule has 0 radical (unpaired) electrons. The number of benzene rings is 8. The third-order valence-corrected chi connectivity index (χ3v) is 15.7. The van der Waals surface area contributed by atoms with E-state index >= 15 is 0 Å². The lowest BCUT2D eigenvalue weighted by molar-refractivity contribution is 0.332. The van der Waals surface area contributed by atoms with Gasteiger partial charge < -0.3 is 23.6 Å². The summed E-state index contributed by atoms with van der Waals surface area (Å²) >= 11 is 0. The lowest BCUT2D eigenvalue weighted by Gasteiger charge is -2.47. The van der Waals surface area contributed by atoms with Crippen molar-refractivity contribution in [1.29, 1.82) is 0 Å². The first kappa shape index (κ1) is 41.0. The van der Waals surface area contributed by atoms with E-state index in [0.717, 1.165) is 57.3 Å². The average molecular weight is 887 g/mol. The predicted octanol–water partition coefficient (Wildman–Crippen LogP) is 16.1. The maximum Gasteiger partial charge on any atom is 0.333 e. The molecular formula is C62H55BN2O3. The van der Waals surface area contributed by atoms with Crippen molar-refractivity contribution < 1.29 is 13.9 Å². The second-order valence-electron chi connectivity index (χ2n) is 22.1. The molecular weight excluding hydrogens is 832 g/mol. The summed E-state index contributed by atoms with van der Waals surface area (Å²) in [6, 6.07) is 53.6. The van der Waals surface area contributed by atoms with Crippen molar-refractivity contribution in [3.8, 4) is 45.3 Å². The molecule has 0 fully saturated rings. The number of rotatable bonds is 3. The first-order valence-corrected chi connectivity index (χ1v) is 24.3. The number of hydrogen-bond donors (Lipinski definition) is 0. The molecule has 0 amide bonds. The van der Waals surface area contributed by atoms with E-state index in [2.05, 4.69) is 193 Å². The second kappa shape index (κ2) is 14.2. The summed E-state index contributed by atoms with van der Waals surface area (Å²) in [6.07, 6.45) is 2.29. The third-order valence-electron chi connectivity index (χ3n) is 15.7. The van der Waals surface area contributed by atoms with Crippen LogP contribution in [0.25, 0.3) is 44.2 Å². The van der Waals surface area contributed by atoms with Crippen molar-refractivity contribution in [1.82, 2.24) is 0 Å². The molecule has 0 atom stereocenters. The average Bonchev–Trinajstić information content (AvgIpc) is 3.69. The van der Waals surface area contributed by atoms with E-state index in [1.807, 2.05) is 24.3 Å². The quantitative estimate of drug-likeness (QED) is 0.165. The molecule has 4 heterocycles. The zero-order valence-corrected chi connectivity index (χ0v) is 40.5. The molecule has 8 aromatic carbocycles. The first-order valence-electron chi connectivity index (χ1n) is 24.3. The van der Waals surface area contributed by atoms with Crippen LogP contribution in [0.5, 0.6) is 23.0 Å². The van der Waals surface area contributed by atoms with Crippen LogP contribution in [-0.4, -0.2) is 6.85 Å². The predicted molar refractivity (Wildman–Crippen MR) is 283 cm³/mol. The lowest BCUT2D eigenvalue weighted by atomic mass is 9.43. The molecule has 5 nitrogen and oxygen atoms in total. The van der Waals surface area contributed by atoms with Gasteiger partial charge >= 0.3 is 6.85 Å². The lowest BCUT2D eigenvalue weighted by Crippen LogP contribution is -2.61. The summed E-state index contributed by atoms with van der Waals surface area (Å²) in [5, 5.41) is 2.23. The van der Waals surface area contributed by atoms with Gasteiger partial charge in [-0.1, -0.05) is 127 Å². The van der Waals surface area contributed by atoms with Crippen LogP contribution in [0.1, 0.15) is 89.1 Å². The Balaban J connectivity index is 1.17. The zero-order valence-electron chi connectivity index (χ0n) is 40.5. The molecule has 0 spiro atoms. The molecule has 0 N–H and O–H groups in total. The maximum absolute atomic E-state index is 6.85. The van der Waals surface area contributed by atoms with Gasteiger partial charge in [0.15, 0.2) is 23.0 Å². The monoisotopic (exact) mass is 886 g/mol. The van der Waals surface area contributed by atoms with E-state index in [-0.39, 0.29) is 23.1 Å². The standard InChI is InChI=1S/C62H55BN2O3/c1-36-27-44-42-31-43-40-19-13-14-20-53(40)66-56(43)34-50(42)65(48-24-23-39(60(3,4)5)30-41(48)38-17-11-10-12-18-38)63-47-33-57-58(68-55-22-16-15-21-54(55)67-57)35-51(47)64(52(28-36)59(44)63)49-32-46-45(29-37(49)2)61(6,7)25-26-62(46,8)9/h10-24,27-35H,25-26H2,1-9H3. The van der Waals surface area contributed by atoms with Crippen molar-refractivity contribution in [3.63, 3.8) is 0 Å². The molecule has 0 bridgehead atoms. The van der Waals surface area contributed by atoms with Gasteiger partial charge in [0.25, 0.3) is 0 Å². The zero-order chi connectivity index (χ0) is 46.6. The fourth-order valence-electron chi connectivity index (χ4n) is 11.9. The van der Waals surface area contributed by atoms with Gasteiger partial charge in [0.2, 0.25) is 0 Å². The molecule has 9 aromatic rings. The number of para-hydroxylation sites is 3. The minimum Gasteiger partial charge on any atom is -0.456 e. The van der Waals surface area contributed by atoms with E-state index in [1.165, 1.54) is 66.9 Å². The van der Waals surface area contributed by atoms with Crippen LogP contribution in [-0.2, 0) is 16.2 Å². The SMILES string of the molecule is Cc1cc2c3c(c1)N(c1cc4c(cc1C)C(C)(C)CCC4(C)C)c1cc4c(cc1B3N(c1ccc(C(C)(C)C)cc1-c1ccccc1)c1cc3oc5ccccc5c3cc1-2)Oc1ccccc1O4. The summed E-state index contributed by atoms with van der Waals surface area (Å²) in [5.41, 5.74) is 21.2. The van der Waals surface area contributed by atoms with Crippen molar-refractivity contribution in [2.45, 2.75) is 91.4 Å². The van der Waals surface area contributed by atoms with Crippen LogP contribution < -0.4 is 30.1 Å². The number of furan rings is 1. The summed E-state index contributed by atoms with van der Waals surface area (Å²) in [6.45, 7) is 20.9. The van der Waals surface area contributed by atoms with Crippen LogP contribution in [0, 0.1) is 13.8 Å². The Morgan fingerprint density at radius 3 is 1.93 bits per heavy atom. The van der Waals surface area contributed by atoms with E-state index in [4.69, 9.17) is 13.9 Å². The Bertz CT molecular complexity index is 3610.